The summed E-state index contributed by atoms with van der Waals surface area (Å²) in [6, 6.07) is -0.944. The molecule has 45 valence electrons. The first-order valence-corrected chi connectivity index (χ1v) is 2.17. The van der Waals surface area contributed by atoms with Crippen LogP contribution in [0.4, 0.5) is 8.78 Å². The van der Waals surface area contributed by atoms with E-state index in [-0.39, 0.29) is 6.42 Å². The highest BCUT2D eigenvalue weighted by Crippen LogP contribution is 2.41. The molecule has 1 aliphatic rings. The highest BCUT2D eigenvalue weighted by molar-refractivity contribution is 5.49. The van der Waals surface area contributed by atoms with Gasteiger partial charge < -0.3 is 5.32 Å². The van der Waals surface area contributed by atoms with Crippen LogP contribution in [0.2, 0.25) is 0 Å². The van der Waals surface area contributed by atoms with Crippen molar-refractivity contribution >= 4 is 6.41 Å². The average molecular weight is 120 g/mol. The summed E-state index contributed by atoms with van der Waals surface area (Å²) < 4.78 is 23.5. The van der Waals surface area contributed by atoms with Crippen molar-refractivity contribution in [3.05, 3.63) is 0 Å². The third-order valence-electron chi connectivity index (χ3n) is 1.06. The topological polar surface area (TPSA) is 29.1 Å². The zero-order valence-electron chi connectivity index (χ0n) is 3.95. The molecule has 1 N–H and O–H groups in total. The van der Waals surface area contributed by atoms with Gasteiger partial charge in [-0.2, -0.15) is 0 Å². The second kappa shape index (κ2) is 1.40. The van der Waals surface area contributed by atoms with Crippen LogP contribution in [0.1, 0.15) is 6.42 Å². The highest BCUT2D eigenvalue weighted by atomic mass is 19.3. The first-order valence-electron chi connectivity index (χ1n) is 2.17. The fourth-order valence-electron chi connectivity index (χ4n) is 0.441. The van der Waals surface area contributed by atoms with Crippen LogP contribution in [0.25, 0.3) is 0 Å². The summed E-state index contributed by atoms with van der Waals surface area (Å²) in [5.41, 5.74) is 0. The summed E-state index contributed by atoms with van der Waals surface area (Å²) in [6.07, 6.45) is 0.971. The number of amides is 1. The van der Waals surface area contributed by atoms with Crippen molar-refractivity contribution < 1.29 is 13.6 Å². The fraction of sp³-hybridized carbons (Fsp3) is 0.750. The molecule has 1 radical (unpaired) electrons. The first-order chi connectivity index (χ1) is 3.67. The lowest BCUT2D eigenvalue weighted by atomic mass is 10.7. The van der Waals surface area contributed by atoms with Gasteiger partial charge in [0.25, 0.3) is 5.92 Å². The van der Waals surface area contributed by atoms with Crippen molar-refractivity contribution in [2.75, 3.05) is 0 Å². The van der Waals surface area contributed by atoms with Crippen LogP contribution in [-0.4, -0.2) is 18.4 Å². The molecule has 0 saturated heterocycles. The van der Waals surface area contributed by atoms with Gasteiger partial charge in [-0.3, -0.25) is 4.79 Å². The summed E-state index contributed by atoms with van der Waals surface area (Å²) in [4.78, 5) is 9.37. The molecule has 0 heterocycles. The smallest absolute Gasteiger partial charge is 0.309 e. The molecule has 1 atom stereocenters. The normalized spacial score (nSPS) is 31.5. The minimum Gasteiger partial charge on any atom is -0.339 e. The van der Waals surface area contributed by atoms with Crippen molar-refractivity contribution in [2.24, 2.45) is 0 Å². The number of hydrogen-bond donors (Lipinski definition) is 1. The van der Waals surface area contributed by atoms with Crippen LogP contribution in [0.15, 0.2) is 0 Å². The summed E-state index contributed by atoms with van der Waals surface area (Å²) in [6.45, 7) is 0. The van der Waals surface area contributed by atoms with Gasteiger partial charge in [0, 0.05) is 6.42 Å². The van der Waals surface area contributed by atoms with E-state index in [1.165, 1.54) is 6.41 Å². The molecule has 0 aliphatic heterocycles. The van der Waals surface area contributed by atoms with Crippen LogP contribution in [-0.2, 0) is 4.79 Å². The monoisotopic (exact) mass is 120 g/mol. The number of rotatable bonds is 2. The van der Waals surface area contributed by atoms with E-state index in [0.29, 0.717) is 0 Å². The second-order valence-corrected chi connectivity index (χ2v) is 1.76. The number of halogens is 2. The minimum atomic E-state index is -2.66. The molecule has 4 heteroatoms. The van der Waals surface area contributed by atoms with Crippen molar-refractivity contribution in [3.63, 3.8) is 0 Å². The molecule has 1 saturated carbocycles. The molecule has 0 unspecified atom stereocenters. The molecule has 2 nitrogen and oxygen atoms in total. The Morgan fingerprint density at radius 3 is 2.38 bits per heavy atom. The number of hydrogen-bond acceptors (Lipinski definition) is 1. The van der Waals surface area contributed by atoms with E-state index in [1.54, 1.807) is 0 Å². The van der Waals surface area contributed by atoms with E-state index in [0.717, 1.165) is 0 Å². The average Bonchev–Trinajstić information content (AvgIpc) is 2.15. The first kappa shape index (κ1) is 5.47. The summed E-state index contributed by atoms with van der Waals surface area (Å²) in [5.74, 6) is -2.66. The van der Waals surface area contributed by atoms with Crippen LogP contribution in [0, 0.1) is 0 Å². The van der Waals surface area contributed by atoms with Gasteiger partial charge in [0.1, 0.15) is 0 Å². The molecular formula is C4H4F2NO. The Morgan fingerprint density at radius 2 is 2.25 bits per heavy atom. The molecule has 0 bridgehead atoms. The zero-order chi connectivity index (χ0) is 6.20. The van der Waals surface area contributed by atoms with E-state index >= 15 is 0 Å². The molecule has 0 aromatic rings. The molecule has 0 aromatic heterocycles. The predicted molar refractivity (Wildman–Crippen MR) is 22.2 cm³/mol. The number of alkyl halides is 2. The van der Waals surface area contributed by atoms with Gasteiger partial charge in [-0.25, -0.2) is 8.78 Å². The molecule has 8 heavy (non-hydrogen) atoms. The third kappa shape index (κ3) is 0.778. The summed E-state index contributed by atoms with van der Waals surface area (Å²) >= 11 is 0. The van der Waals surface area contributed by atoms with Crippen molar-refractivity contribution in [1.82, 2.24) is 5.32 Å². The molecule has 1 amide bonds. The van der Waals surface area contributed by atoms with Crippen molar-refractivity contribution in [1.29, 1.82) is 0 Å². The van der Waals surface area contributed by atoms with Crippen LogP contribution >= 0.6 is 0 Å². The lowest BCUT2D eigenvalue weighted by Crippen LogP contribution is -2.19. The van der Waals surface area contributed by atoms with Crippen LogP contribution in [0.5, 0.6) is 0 Å². The molecule has 1 rings (SSSR count). The van der Waals surface area contributed by atoms with Crippen molar-refractivity contribution in [2.45, 2.75) is 18.4 Å². The molecule has 0 aromatic carbocycles. The van der Waals surface area contributed by atoms with Gasteiger partial charge in [-0.15, -0.1) is 0 Å². The maximum Gasteiger partial charge on any atom is 0.309 e. The van der Waals surface area contributed by atoms with Gasteiger partial charge in [0.05, 0.1) is 6.04 Å². The van der Waals surface area contributed by atoms with Crippen LogP contribution in [0.3, 0.4) is 0 Å². The van der Waals surface area contributed by atoms with Gasteiger partial charge in [-0.05, 0) is 0 Å². The van der Waals surface area contributed by atoms with Gasteiger partial charge in [0.15, 0.2) is 0 Å². The van der Waals surface area contributed by atoms with Crippen LogP contribution < -0.4 is 5.32 Å². The predicted octanol–water partition coefficient (Wildman–Crippen LogP) is 0.0508. The number of nitrogens with one attached hydrogen (secondary N) is 1. The molecule has 1 fully saturated rings. The Kier molecular flexibility index (Phi) is 0.957. The maximum absolute atomic E-state index is 11.7. The van der Waals surface area contributed by atoms with Crippen molar-refractivity contribution in [3.8, 4) is 0 Å². The van der Waals surface area contributed by atoms with Gasteiger partial charge >= 0.3 is 6.41 Å². The Morgan fingerprint density at radius 1 is 1.75 bits per heavy atom. The Bertz CT molecular complexity index is 115. The number of carbonyl (C=O) groups excluding carboxylic acids is 1. The molecule has 0 spiro atoms. The quantitative estimate of drug-likeness (QED) is 0.512. The molecule has 1 aliphatic carbocycles. The maximum atomic E-state index is 11.7. The lowest BCUT2D eigenvalue weighted by Gasteiger charge is -1.89. The summed E-state index contributed by atoms with van der Waals surface area (Å²) in [5, 5.41) is 1.85. The van der Waals surface area contributed by atoms with E-state index in [4.69, 9.17) is 0 Å². The van der Waals surface area contributed by atoms with E-state index < -0.39 is 12.0 Å². The standard InChI is InChI=1S/C4H4F2NO/c5-4(6)1-3(4)7-2-8/h3H,1H2,(H,7,8)/t3-/m0/s1. The van der Waals surface area contributed by atoms with E-state index in [2.05, 4.69) is 0 Å². The Hall–Kier alpha value is -0.670. The molecular weight excluding hydrogens is 116 g/mol. The third-order valence-corrected chi connectivity index (χ3v) is 1.06. The Labute approximate surface area is 44.9 Å². The van der Waals surface area contributed by atoms with E-state index in [1.807, 2.05) is 5.32 Å². The largest absolute Gasteiger partial charge is 0.339 e. The summed E-state index contributed by atoms with van der Waals surface area (Å²) in [7, 11) is 0. The lowest BCUT2D eigenvalue weighted by molar-refractivity contribution is 0.109. The van der Waals surface area contributed by atoms with E-state index in [9.17, 15) is 13.6 Å². The minimum absolute atomic E-state index is 0.234. The Balaban J connectivity index is 2.26. The fourth-order valence-corrected chi connectivity index (χ4v) is 0.441. The SMILES string of the molecule is O=[C]N[C@H]1CC1(F)F. The highest BCUT2D eigenvalue weighted by Gasteiger charge is 2.57. The van der Waals surface area contributed by atoms with Gasteiger partial charge in [0.2, 0.25) is 0 Å². The second-order valence-electron chi connectivity index (χ2n) is 1.76. The zero-order valence-corrected chi connectivity index (χ0v) is 3.95. The van der Waals surface area contributed by atoms with Gasteiger partial charge in [-0.1, -0.05) is 0 Å².